The number of Topliss-reactive ketones (excluding diaryl/α,β-unsaturated/α-hetero) is 4. The fourth-order valence-electron chi connectivity index (χ4n) is 21.8. The van der Waals surface area contributed by atoms with Crippen molar-refractivity contribution in [3.05, 3.63) is 71.4 Å². The van der Waals surface area contributed by atoms with Crippen LogP contribution < -0.4 is 0 Å². The maximum atomic E-state index is 13.9. The first kappa shape index (κ1) is 75.3. The van der Waals surface area contributed by atoms with Crippen molar-refractivity contribution in [2.24, 2.45) is 85.8 Å². The molecule has 0 aromatic carbocycles. The summed E-state index contributed by atoms with van der Waals surface area (Å²) in [6.07, 6.45) is 21.9. The number of hydrogen-bond acceptors (Lipinski definition) is 19. The van der Waals surface area contributed by atoms with Gasteiger partial charge in [-0.1, -0.05) is 111 Å². The van der Waals surface area contributed by atoms with E-state index in [-0.39, 0.29) is 127 Å². The molecule has 0 spiro atoms. The van der Waals surface area contributed by atoms with Crippen LogP contribution in [0.3, 0.4) is 0 Å². The summed E-state index contributed by atoms with van der Waals surface area (Å²) in [7, 11) is 0. The number of alkyl halides is 1. The lowest BCUT2D eigenvalue weighted by Crippen LogP contribution is -2.69. The average molecular weight is 1370 g/mol. The third kappa shape index (κ3) is 11.8. The number of esters is 3. The first-order valence-electron chi connectivity index (χ1n) is 35.1. The molecule has 12 rings (SSSR count). The molecule has 12 aliphatic carbocycles. The number of carbonyl (C=O) groups excluding carboxylic acids is 10. The second kappa shape index (κ2) is 27.2. The summed E-state index contributed by atoms with van der Waals surface area (Å²) < 4.78 is 16.3. The average Bonchev–Trinajstić information content (AvgIpc) is 1.64. The monoisotopic (exact) mass is 1370 g/mol. The van der Waals surface area contributed by atoms with E-state index in [0.717, 1.165) is 48.8 Å². The fraction of sp³-hybridized carbons (Fsp3) is 0.697. The van der Waals surface area contributed by atoms with Gasteiger partial charge in [-0.05, 0) is 155 Å². The van der Waals surface area contributed by atoms with Crippen molar-refractivity contribution < 1.29 is 97.6 Å². The minimum atomic E-state index is -1.66. The molecule has 9 fully saturated rings. The van der Waals surface area contributed by atoms with E-state index in [1.54, 1.807) is 58.1 Å². The van der Waals surface area contributed by atoms with Gasteiger partial charge in [0.05, 0.1) is 17.1 Å². The molecule has 0 radical (unpaired) electrons. The smallest absolute Gasteiger partial charge is 0.306 e. The van der Waals surface area contributed by atoms with Gasteiger partial charge in [0.1, 0.15) is 23.6 Å². The van der Waals surface area contributed by atoms with Crippen LogP contribution in [-0.2, 0) is 67.0 Å². The molecule has 532 valence electrons. The molecule has 0 aromatic heterocycles. The number of halogens is 1. The molecule has 0 heterocycles. The molecule has 9 saturated carbocycles. The number of aliphatic hydroxyl groups excluding tert-OH is 3. The highest BCUT2D eigenvalue weighted by Crippen LogP contribution is 2.73. The maximum absolute atomic E-state index is 13.9. The van der Waals surface area contributed by atoms with E-state index in [0.29, 0.717) is 38.5 Å². The predicted molar refractivity (Wildman–Crippen MR) is 354 cm³/mol. The van der Waals surface area contributed by atoms with Crippen molar-refractivity contribution in [3.63, 3.8) is 0 Å². The zero-order chi connectivity index (χ0) is 71.8. The topological polar surface area (TPSA) is 337 Å². The van der Waals surface area contributed by atoms with Gasteiger partial charge in [-0.3, -0.25) is 52.7 Å². The van der Waals surface area contributed by atoms with Crippen LogP contribution in [0.4, 0.5) is 0 Å². The predicted octanol–water partition coefficient (Wildman–Crippen LogP) is 8.85. The number of rotatable bonds is 13. The molecule has 0 bridgehead atoms. The minimum absolute atomic E-state index is 0.00912. The van der Waals surface area contributed by atoms with Gasteiger partial charge in [0, 0.05) is 82.3 Å². The van der Waals surface area contributed by atoms with Crippen LogP contribution in [0, 0.1) is 85.8 Å². The Labute approximate surface area is 573 Å². The SMILES string of the molecule is CCC(=O)O.CCC(=O)OCC(=O)[C@@]1(O)CCC2C3CCC4=CC(=O)C=C[C@]4(C)C3C(=O)C[C@@]21C.CCC(=O)OCC(=O)[C@@]1(OC(=O)CC)[C@@H](C)C[C@H]2[C@@H]3CCC4=CC(=O)C=C[C@]4(C)C3(Cl)[C@@H](O)C[C@@]21C.C[C@]12C=CC(=O)C=C1CC[C@@H]1[C@@H]2C(O)C[C@@]2(C)[C@H]1CC[C@]2(O)C(=O)CO. The van der Waals surface area contributed by atoms with Crippen molar-refractivity contribution in [2.75, 3.05) is 19.8 Å². The van der Waals surface area contributed by atoms with Crippen LogP contribution in [0.15, 0.2) is 71.4 Å². The summed E-state index contributed by atoms with van der Waals surface area (Å²) in [6.45, 7) is 18.6. The maximum Gasteiger partial charge on any atom is 0.306 e. The highest BCUT2D eigenvalue weighted by molar-refractivity contribution is 6.26. The lowest BCUT2D eigenvalue weighted by Gasteiger charge is -2.64. The molecule has 12 aliphatic rings. The number of allylic oxidation sites excluding steroid dienone is 12. The molecule has 21 atom stereocenters. The Kier molecular flexibility index (Phi) is 21.1. The molecule has 6 N–H and O–H groups in total. The molecule has 97 heavy (non-hydrogen) atoms. The van der Waals surface area contributed by atoms with Gasteiger partial charge in [0.2, 0.25) is 11.6 Å². The lowest BCUT2D eigenvalue weighted by molar-refractivity contribution is -0.203. The van der Waals surface area contributed by atoms with Crippen LogP contribution in [0.25, 0.3) is 0 Å². The molecular formula is C76H101ClO20. The van der Waals surface area contributed by atoms with Gasteiger partial charge in [-0.2, -0.15) is 0 Å². The van der Waals surface area contributed by atoms with Crippen LogP contribution in [0.5, 0.6) is 0 Å². The molecule has 0 saturated heterocycles. The molecule has 20 nitrogen and oxygen atoms in total. The normalized spacial score (nSPS) is 42.8. The molecule has 0 amide bonds. The van der Waals surface area contributed by atoms with Gasteiger partial charge in [0.25, 0.3) is 0 Å². The minimum Gasteiger partial charge on any atom is -0.481 e. The number of fused-ring (bicyclic) bond motifs is 15. The standard InChI is InChI=1S/C28H37ClO7.C24H30O6.C21H28O5.C3H6O2/c1-6-23(33)35-15-22(32)28(36-24(34)7-2)16(3)12-20-19-9-8-17-13-18(30)10-11-25(17,4)27(19,29)21(31)14-26(20,28)5;1-4-20(28)30-13-19(27)24(29)10-8-17-16-6-5-14-11-15(25)7-9-22(14,2)21(16)18(26)12-23(17,24)3;1-19-7-5-13(23)9-12(19)3-4-14-15-6-8-21(26,17(25)11-22)20(15,2)10-16(24)18(14)19;1-2-3(4)5/h10-11,13,16,19-21,31H,6-9,12,14-15H2,1-5H3;7,9,11,16-17,21,29H,4-6,8,10,12-13H2,1-3H3;5,7,9,14-16,18,22,24,26H,3-4,6,8,10-11H2,1-2H3;2H2,1H3,(H,4,5)/t16-,19-,20-,21-,25-,26-,27?,28-;16?,17?,21?,22-,23-,24-;14-,15-,16?,18+,19-,20-,21-;/m000./s1. The third-order valence-electron chi connectivity index (χ3n) is 26.9. The number of ether oxygens (including phenoxy) is 3. The van der Waals surface area contributed by atoms with Gasteiger partial charge in [-0.25, -0.2) is 0 Å². The third-order valence-corrected chi connectivity index (χ3v) is 27.8. The molecule has 21 heteroatoms. The van der Waals surface area contributed by atoms with Crippen molar-refractivity contribution in [2.45, 2.75) is 226 Å². The Hall–Kier alpha value is -5.90. The van der Waals surface area contributed by atoms with Gasteiger partial charge in [-0.15, -0.1) is 11.6 Å². The van der Waals surface area contributed by atoms with E-state index in [1.165, 1.54) is 6.08 Å². The summed E-state index contributed by atoms with van der Waals surface area (Å²) in [5, 5.41) is 62.6. The van der Waals surface area contributed by atoms with Gasteiger partial charge in [0.15, 0.2) is 41.9 Å². The number of carboxylic acids is 1. The molecule has 0 aliphatic heterocycles. The summed E-state index contributed by atoms with van der Waals surface area (Å²) >= 11 is 7.48. The van der Waals surface area contributed by atoms with E-state index in [2.05, 4.69) is 6.92 Å². The summed E-state index contributed by atoms with van der Waals surface area (Å²) in [5.74, 6) is -4.34. The number of carbonyl (C=O) groups is 11. The second-order valence-electron chi connectivity index (χ2n) is 31.2. The summed E-state index contributed by atoms with van der Waals surface area (Å²) in [4.78, 5) is 133. The molecular weight excluding hydrogens is 1270 g/mol. The Bertz CT molecular complexity index is 3470. The summed E-state index contributed by atoms with van der Waals surface area (Å²) in [5.41, 5.74) is -5.80. The number of ketones is 7. The number of hydrogen-bond donors (Lipinski definition) is 6. The first-order valence-corrected chi connectivity index (χ1v) is 35.5. The molecule has 0 aromatic rings. The Balaban J connectivity index is 0.000000166. The summed E-state index contributed by atoms with van der Waals surface area (Å²) in [6, 6.07) is 0. The van der Waals surface area contributed by atoms with E-state index >= 15 is 0 Å². The number of aliphatic carboxylic acids is 1. The van der Waals surface area contributed by atoms with Crippen LogP contribution >= 0.6 is 11.6 Å². The zero-order valence-electron chi connectivity index (χ0n) is 58.2. The first-order chi connectivity index (χ1) is 45.3. The van der Waals surface area contributed by atoms with Crippen LogP contribution in [0.2, 0.25) is 0 Å². The van der Waals surface area contributed by atoms with E-state index in [1.807, 2.05) is 59.8 Å². The highest BCUT2D eigenvalue weighted by atomic mass is 35.5. The van der Waals surface area contributed by atoms with E-state index < -0.39 is 122 Å². The van der Waals surface area contributed by atoms with Crippen LogP contribution in [-0.4, -0.2) is 149 Å². The van der Waals surface area contributed by atoms with Crippen molar-refractivity contribution >= 4 is 76.0 Å². The largest absolute Gasteiger partial charge is 0.481 e. The van der Waals surface area contributed by atoms with Crippen molar-refractivity contribution in [1.82, 2.24) is 0 Å². The Morgan fingerprint density at radius 3 is 1.60 bits per heavy atom. The Morgan fingerprint density at radius 1 is 0.567 bits per heavy atom. The lowest BCUT2D eigenvalue weighted by atomic mass is 9.45. The Morgan fingerprint density at radius 2 is 1.05 bits per heavy atom. The van der Waals surface area contributed by atoms with E-state index in [9.17, 15) is 78.3 Å². The number of carboxylic acid groups (broad SMARTS) is 1. The van der Waals surface area contributed by atoms with Crippen molar-refractivity contribution in [1.29, 1.82) is 0 Å². The van der Waals surface area contributed by atoms with Crippen molar-refractivity contribution in [3.8, 4) is 0 Å². The highest BCUT2D eigenvalue weighted by Gasteiger charge is 2.77. The number of aliphatic hydroxyl groups is 5. The molecule has 5 unspecified atom stereocenters. The van der Waals surface area contributed by atoms with Crippen LogP contribution in [0.1, 0.15) is 192 Å². The fourth-order valence-corrected chi connectivity index (χ4v) is 22.3. The van der Waals surface area contributed by atoms with Gasteiger partial charge < -0.3 is 44.8 Å². The van der Waals surface area contributed by atoms with E-state index in [4.69, 9.17) is 30.9 Å². The zero-order valence-corrected chi connectivity index (χ0v) is 58.9. The van der Waals surface area contributed by atoms with Gasteiger partial charge >= 0.3 is 23.9 Å². The second-order valence-corrected chi connectivity index (χ2v) is 31.8. The quantitative estimate of drug-likeness (QED) is 0.0569.